The highest BCUT2D eigenvalue weighted by molar-refractivity contribution is 7.47. The van der Waals surface area contributed by atoms with E-state index in [4.69, 9.17) is 38.0 Å². The van der Waals surface area contributed by atoms with Crippen LogP contribution in [0.4, 0.5) is 5.95 Å². The van der Waals surface area contributed by atoms with Gasteiger partial charge in [0, 0.05) is 30.4 Å². The quantitative estimate of drug-likeness (QED) is 0.0531. The first-order chi connectivity index (χ1) is 28.3. The lowest BCUT2D eigenvalue weighted by Crippen LogP contribution is -2.39. The predicted molar refractivity (Wildman–Crippen MR) is 193 cm³/mol. The van der Waals surface area contributed by atoms with Crippen molar-refractivity contribution in [3.63, 3.8) is 0 Å². The van der Waals surface area contributed by atoms with E-state index < -0.39 is 131 Å². The Morgan fingerprint density at radius 2 is 1.43 bits per heavy atom. The van der Waals surface area contributed by atoms with Gasteiger partial charge in [-0.1, -0.05) is 0 Å². The van der Waals surface area contributed by atoms with Crippen molar-refractivity contribution in [2.75, 3.05) is 25.6 Å². The lowest BCUT2D eigenvalue weighted by atomic mass is 10.1. The summed E-state index contributed by atoms with van der Waals surface area (Å²) in [6, 6.07) is 0.880. The first-order valence-electron chi connectivity index (χ1n) is 17.5. The van der Waals surface area contributed by atoms with Crippen LogP contribution in [0.15, 0.2) is 48.8 Å². The minimum atomic E-state index is -5.38. The number of imidazole rings is 1. The summed E-state index contributed by atoms with van der Waals surface area (Å²) in [6.07, 6.45) is -15.3. The molecule has 0 amide bonds. The maximum Gasteiger partial charge on any atom is 0.472 e. The molecule has 0 aliphatic carbocycles. The molecule has 0 spiro atoms. The van der Waals surface area contributed by atoms with E-state index in [1.165, 1.54) is 13.1 Å². The number of aromatic nitrogens is 8. The molecule has 13 atom stereocenters. The van der Waals surface area contributed by atoms with E-state index >= 15 is 0 Å². The van der Waals surface area contributed by atoms with Gasteiger partial charge in [-0.3, -0.25) is 61.1 Å². The number of ether oxygens (including phenoxy) is 3. The number of rotatable bonds is 14. The van der Waals surface area contributed by atoms with Crippen molar-refractivity contribution in [1.82, 2.24) is 38.6 Å². The van der Waals surface area contributed by atoms with Gasteiger partial charge in [-0.25, -0.2) is 23.7 Å². The number of nitrogen functional groups attached to an aromatic ring is 1. The normalized spacial score (nSPS) is 31.4. The molecule has 328 valence electrons. The smallest absolute Gasteiger partial charge is 0.394 e. The van der Waals surface area contributed by atoms with Gasteiger partial charge in [-0.15, -0.1) is 0 Å². The average molecular weight is 894 g/mol. The average Bonchev–Trinajstić information content (AvgIpc) is 3.92. The van der Waals surface area contributed by atoms with Gasteiger partial charge in [0.1, 0.15) is 49.0 Å². The zero-order valence-corrected chi connectivity index (χ0v) is 32.4. The topological polar surface area (TPSA) is 419 Å². The molecule has 0 aromatic carbocycles. The Kier molecular flexibility index (Phi) is 12.1. The molecule has 0 bridgehead atoms. The number of hydrogen-bond donors (Lipinski definition) is 10. The van der Waals surface area contributed by atoms with Gasteiger partial charge in [0.05, 0.1) is 32.3 Å². The number of phosphoric acid groups is 2. The van der Waals surface area contributed by atoms with Gasteiger partial charge < -0.3 is 50.2 Å². The molecule has 7 rings (SSSR count). The first kappa shape index (κ1) is 43.5. The van der Waals surface area contributed by atoms with Crippen LogP contribution in [0.3, 0.4) is 0 Å². The van der Waals surface area contributed by atoms with Crippen molar-refractivity contribution in [2.24, 2.45) is 0 Å². The fraction of sp³-hybridized carbons (Fsp3) is 0.552. The lowest BCUT2D eigenvalue weighted by Gasteiger charge is -2.25. The number of aliphatic hydroxyl groups excluding tert-OH is 4. The van der Waals surface area contributed by atoms with Crippen LogP contribution in [0.1, 0.15) is 30.7 Å². The van der Waals surface area contributed by atoms with Crippen LogP contribution in [-0.4, -0.2) is 137 Å². The molecule has 7 heterocycles. The third-order valence-corrected chi connectivity index (χ3v) is 11.6. The van der Waals surface area contributed by atoms with Gasteiger partial charge >= 0.3 is 27.0 Å². The highest BCUT2D eigenvalue weighted by Gasteiger charge is 2.52. The highest BCUT2D eigenvalue weighted by atomic mass is 31.2. The summed E-state index contributed by atoms with van der Waals surface area (Å²) in [5.74, 6) is -0.312. The van der Waals surface area contributed by atoms with E-state index in [1.807, 2.05) is 4.98 Å². The predicted octanol–water partition coefficient (Wildman–Crippen LogP) is -4.73. The van der Waals surface area contributed by atoms with Gasteiger partial charge in [0.2, 0.25) is 5.95 Å². The highest BCUT2D eigenvalue weighted by Crippen LogP contribution is 2.52. The molecule has 3 aliphatic rings. The molecule has 3 aliphatic heterocycles. The Bertz CT molecular complexity index is 2640. The molecule has 31 heteroatoms. The number of nitrogens with two attached hydrogens (primary N) is 1. The van der Waals surface area contributed by atoms with Crippen molar-refractivity contribution in [3.05, 3.63) is 82.4 Å². The minimum Gasteiger partial charge on any atom is -0.394 e. The number of nitrogens with one attached hydrogen (secondary N) is 3. The Morgan fingerprint density at radius 3 is 2.08 bits per heavy atom. The van der Waals surface area contributed by atoms with Crippen molar-refractivity contribution in [2.45, 2.75) is 80.9 Å². The molecule has 11 N–H and O–H groups in total. The number of H-pyrrole nitrogens is 3. The molecule has 29 nitrogen and oxygen atoms in total. The Morgan fingerprint density at radius 1 is 0.833 bits per heavy atom. The number of fused-ring (bicyclic) bond motifs is 1. The molecule has 0 saturated carbocycles. The SMILES string of the molecule is Cc1cn([C@H]2C[C@@H](O)[C@@H](COP(=O)(O)OC3[C@@H](COP(=O)(O)OC4[C@@H](CO)O[C@@H](n5cnc6c(=O)[nH]c(N)nc65)[C@H]4O)O[C@@H](n4ccc(=O)[nH]c4=O)[C@H]3O)O2)c(=O)[nH]c1=O. The fourth-order valence-corrected chi connectivity index (χ4v) is 8.67. The van der Waals surface area contributed by atoms with Crippen LogP contribution in [0.2, 0.25) is 0 Å². The van der Waals surface area contributed by atoms with E-state index in [0.717, 1.165) is 27.7 Å². The summed E-state index contributed by atoms with van der Waals surface area (Å²) in [4.78, 5) is 96.2. The maximum atomic E-state index is 13.3. The third-order valence-electron chi connectivity index (χ3n) is 9.62. The zero-order chi connectivity index (χ0) is 43.4. The molecule has 3 fully saturated rings. The summed E-state index contributed by atoms with van der Waals surface area (Å²) in [5, 5.41) is 42.9. The van der Waals surface area contributed by atoms with Crippen LogP contribution in [-0.2, 0) is 41.4 Å². The standard InChI is InChI=1S/C29H37N9O20P2/c1-10-5-37(29(47)35-23(10)44)16-4-11(40)13(54-16)7-52-59(48,49)58-21-14(56-25(19(21)43)36-3-2-15(41)32-28(36)46)8-53-60(50,51)57-20-12(6-39)55-26(18(20)42)38-9-31-17-22(38)33-27(30)34-24(17)45/h2-3,5,9,11-14,16,18-21,25-26,39-40,42-43H,4,6-8H2,1H3,(H,48,49)(H,50,51)(H,32,41,46)(H,35,44,47)(H3,30,33,34,45)/t11-,12-,13-,14-,16-,18+,19+,20?,21?,25-,26-/m1/s1. The molecule has 4 aromatic rings. The number of aromatic amines is 3. The number of nitrogens with zero attached hydrogens (tertiary/aromatic N) is 5. The monoisotopic (exact) mass is 893 g/mol. The van der Waals surface area contributed by atoms with Gasteiger partial charge in [-0.2, -0.15) is 4.98 Å². The molecular weight excluding hydrogens is 856 g/mol. The summed E-state index contributed by atoms with van der Waals surface area (Å²) < 4.78 is 66.7. The number of anilines is 1. The Hall–Kier alpha value is -4.55. The van der Waals surface area contributed by atoms with Crippen LogP contribution in [0.5, 0.6) is 0 Å². The van der Waals surface area contributed by atoms with Crippen LogP contribution >= 0.6 is 15.6 Å². The molecule has 0 radical (unpaired) electrons. The molecule has 60 heavy (non-hydrogen) atoms. The summed E-state index contributed by atoms with van der Waals surface area (Å²) in [7, 11) is -10.7. The Balaban J connectivity index is 1.05. The first-order valence-corrected chi connectivity index (χ1v) is 20.5. The van der Waals surface area contributed by atoms with E-state index in [2.05, 4.69) is 19.9 Å². The van der Waals surface area contributed by atoms with Gasteiger partial charge in [0.15, 0.2) is 23.6 Å². The van der Waals surface area contributed by atoms with E-state index in [1.54, 1.807) is 0 Å². The van der Waals surface area contributed by atoms with Crippen LogP contribution in [0, 0.1) is 6.92 Å². The van der Waals surface area contributed by atoms with Gasteiger partial charge in [0.25, 0.3) is 16.7 Å². The van der Waals surface area contributed by atoms with E-state index in [-0.39, 0.29) is 29.1 Å². The summed E-state index contributed by atoms with van der Waals surface area (Å²) >= 11 is 0. The van der Waals surface area contributed by atoms with Crippen LogP contribution < -0.4 is 33.8 Å². The zero-order valence-electron chi connectivity index (χ0n) is 30.6. The van der Waals surface area contributed by atoms with Crippen molar-refractivity contribution in [1.29, 1.82) is 0 Å². The largest absolute Gasteiger partial charge is 0.472 e. The van der Waals surface area contributed by atoms with Gasteiger partial charge in [-0.05, 0) is 6.92 Å². The van der Waals surface area contributed by atoms with Crippen molar-refractivity contribution >= 4 is 32.8 Å². The van der Waals surface area contributed by atoms with E-state index in [9.17, 15) is 63.3 Å². The molecule has 4 aromatic heterocycles. The third kappa shape index (κ3) is 8.77. The van der Waals surface area contributed by atoms with Crippen LogP contribution in [0.25, 0.3) is 11.2 Å². The number of aryl methyl sites for hydroxylation is 1. The lowest BCUT2D eigenvalue weighted by molar-refractivity contribution is -0.0629. The maximum absolute atomic E-state index is 13.3. The number of hydrogen-bond acceptors (Lipinski definition) is 21. The molecular formula is C29H37N9O20P2. The summed E-state index contributed by atoms with van der Waals surface area (Å²) in [5.41, 5.74) is 1.25. The second kappa shape index (κ2) is 16.7. The number of phosphoric ester groups is 2. The summed E-state index contributed by atoms with van der Waals surface area (Å²) in [6.45, 7) is -1.42. The number of aliphatic hydroxyl groups is 4. The van der Waals surface area contributed by atoms with Crippen molar-refractivity contribution < 1.29 is 71.6 Å². The second-order valence-electron chi connectivity index (χ2n) is 13.7. The minimum absolute atomic E-state index is 0.152. The fourth-order valence-electron chi connectivity index (χ4n) is 6.74. The van der Waals surface area contributed by atoms with E-state index in [0.29, 0.717) is 4.57 Å². The second-order valence-corrected chi connectivity index (χ2v) is 16.5. The van der Waals surface area contributed by atoms with Crippen molar-refractivity contribution in [3.8, 4) is 0 Å². The molecule has 3 saturated heterocycles. The Labute approximate surface area is 331 Å². The molecule has 4 unspecified atom stereocenters.